The Labute approximate surface area is 138 Å². The van der Waals surface area contributed by atoms with Crippen LogP contribution >= 0.6 is 0 Å². The summed E-state index contributed by atoms with van der Waals surface area (Å²) in [6.07, 6.45) is 1.01. The van der Waals surface area contributed by atoms with E-state index < -0.39 is 5.92 Å². The van der Waals surface area contributed by atoms with Crippen molar-refractivity contribution >= 4 is 17.6 Å². The van der Waals surface area contributed by atoms with Gasteiger partial charge in [0.05, 0.1) is 12.5 Å². The topological polar surface area (TPSA) is 67.8 Å². The summed E-state index contributed by atoms with van der Waals surface area (Å²) in [5.74, 6) is -0.856. The van der Waals surface area contributed by atoms with E-state index in [0.717, 1.165) is 5.56 Å². The highest BCUT2D eigenvalue weighted by molar-refractivity contribution is 6.01. The molecule has 0 aromatic heterocycles. The highest BCUT2D eigenvalue weighted by atomic mass is 16.5. The van der Waals surface area contributed by atoms with Crippen LogP contribution in [0.3, 0.4) is 0 Å². The molecule has 1 aromatic carbocycles. The highest BCUT2D eigenvalue weighted by Crippen LogP contribution is 2.15. The summed E-state index contributed by atoms with van der Waals surface area (Å²) in [4.78, 5) is 23.8. The van der Waals surface area contributed by atoms with Crippen molar-refractivity contribution in [2.24, 2.45) is 16.9 Å². The second-order valence-corrected chi connectivity index (χ2v) is 5.75. The maximum Gasteiger partial charge on any atom is 0.314 e. The Morgan fingerprint density at radius 1 is 1.22 bits per heavy atom. The number of amides is 1. The molecule has 0 saturated carbocycles. The molecule has 126 valence electrons. The standard InChI is InChI=1S/C18H26N2O3/c1-5-23-18(22)17(13(2)3)14(4)19-20-16(21)12-11-15-9-7-6-8-10-15/h6-10,13,17H,5,11-12H2,1-4H3,(H,20,21). The Hall–Kier alpha value is -2.17. The number of ether oxygens (including phenoxy) is 1. The summed E-state index contributed by atoms with van der Waals surface area (Å²) >= 11 is 0. The molecule has 5 heteroatoms. The van der Waals surface area contributed by atoms with Crippen LogP contribution in [-0.4, -0.2) is 24.2 Å². The lowest BCUT2D eigenvalue weighted by atomic mass is 9.92. The molecule has 5 nitrogen and oxygen atoms in total. The summed E-state index contributed by atoms with van der Waals surface area (Å²) in [5.41, 5.74) is 4.19. The van der Waals surface area contributed by atoms with Gasteiger partial charge in [-0.3, -0.25) is 9.59 Å². The van der Waals surface area contributed by atoms with E-state index in [1.165, 1.54) is 0 Å². The number of aryl methyl sites for hydroxylation is 1. The fourth-order valence-corrected chi connectivity index (χ4v) is 2.34. The highest BCUT2D eigenvalue weighted by Gasteiger charge is 2.26. The molecular weight excluding hydrogens is 292 g/mol. The average Bonchev–Trinajstić information content (AvgIpc) is 2.52. The van der Waals surface area contributed by atoms with Crippen molar-refractivity contribution < 1.29 is 14.3 Å². The van der Waals surface area contributed by atoms with Crippen LogP contribution in [0.2, 0.25) is 0 Å². The largest absolute Gasteiger partial charge is 0.465 e. The van der Waals surface area contributed by atoms with Crippen LogP contribution < -0.4 is 5.43 Å². The Morgan fingerprint density at radius 2 is 1.87 bits per heavy atom. The Bertz CT molecular complexity index is 538. The molecule has 1 atom stereocenters. The summed E-state index contributed by atoms with van der Waals surface area (Å²) in [7, 11) is 0. The zero-order valence-corrected chi connectivity index (χ0v) is 14.3. The number of carbonyl (C=O) groups is 2. The lowest BCUT2D eigenvalue weighted by molar-refractivity contribution is -0.146. The molecule has 1 N–H and O–H groups in total. The first-order valence-electron chi connectivity index (χ1n) is 7.99. The Morgan fingerprint density at radius 3 is 2.43 bits per heavy atom. The normalized spacial score (nSPS) is 12.8. The van der Waals surface area contributed by atoms with Crippen LogP contribution in [0.1, 0.15) is 39.7 Å². The van der Waals surface area contributed by atoms with Gasteiger partial charge in [0.25, 0.3) is 0 Å². The van der Waals surface area contributed by atoms with E-state index in [1.807, 2.05) is 44.2 Å². The van der Waals surface area contributed by atoms with Crippen molar-refractivity contribution in [1.29, 1.82) is 0 Å². The molecule has 0 bridgehead atoms. The molecular formula is C18H26N2O3. The van der Waals surface area contributed by atoms with Gasteiger partial charge in [-0.05, 0) is 31.7 Å². The van der Waals surface area contributed by atoms with Gasteiger partial charge in [-0.25, -0.2) is 5.43 Å². The van der Waals surface area contributed by atoms with Crippen molar-refractivity contribution in [2.45, 2.75) is 40.5 Å². The van der Waals surface area contributed by atoms with E-state index in [1.54, 1.807) is 13.8 Å². The summed E-state index contributed by atoms with van der Waals surface area (Å²) in [6, 6.07) is 9.80. The van der Waals surface area contributed by atoms with E-state index in [0.29, 0.717) is 25.2 Å². The molecule has 0 radical (unpaired) electrons. The van der Waals surface area contributed by atoms with Crippen LogP contribution in [0.25, 0.3) is 0 Å². The minimum Gasteiger partial charge on any atom is -0.465 e. The fourth-order valence-electron chi connectivity index (χ4n) is 2.34. The first kappa shape index (κ1) is 18.9. The second kappa shape index (κ2) is 9.77. The van der Waals surface area contributed by atoms with Crippen LogP contribution in [-0.2, 0) is 20.7 Å². The number of nitrogens with zero attached hydrogens (tertiary/aromatic N) is 1. The predicted molar refractivity (Wildman–Crippen MR) is 91.0 cm³/mol. The number of hydrazone groups is 1. The third-order valence-corrected chi connectivity index (χ3v) is 3.50. The van der Waals surface area contributed by atoms with E-state index in [9.17, 15) is 9.59 Å². The van der Waals surface area contributed by atoms with Crippen molar-refractivity contribution in [1.82, 2.24) is 5.43 Å². The fraction of sp³-hybridized carbons (Fsp3) is 0.500. The van der Waals surface area contributed by atoms with Crippen molar-refractivity contribution in [3.63, 3.8) is 0 Å². The first-order chi connectivity index (χ1) is 11.0. The maximum absolute atomic E-state index is 12.0. The van der Waals surface area contributed by atoms with Gasteiger partial charge >= 0.3 is 5.97 Å². The van der Waals surface area contributed by atoms with E-state index >= 15 is 0 Å². The maximum atomic E-state index is 12.0. The van der Waals surface area contributed by atoms with Crippen LogP contribution in [0.4, 0.5) is 0 Å². The second-order valence-electron chi connectivity index (χ2n) is 5.75. The Kier molecular flexibility index (Phi) is 8.02. The summed E-state index contributed by atoms with van der Waals surface area (Å²) < 4.78 is 5.07. The van der Waals surface area contributed by atoms with Gasteiger partial charge in [-0.1, -0.05) is 44.2 Å². The molecule has 1 aromatic rings. The number of esters is 1. The zero-order valence-electron chi connectivity index (χ0n) is 14.3. The van der Waals surface area contributed by atoms with Crippen LogP contribution in [0.5, 0.6) is 0 Å². The van der Waals surface area contributed by atoms with E-state index in [4.69, 9.17) is 4.74 Å². The van der Waals surface area contributed by atoms with Crippen molar-refractivity contribution in [2.75, 3.05) is 6.61 Å². The molecule has 23 heavy (non-hydrogen) atoms. The van der Waals surface area contributed by atoms with Gasteiger partial charge in [-0.15, -0.1) is 0 Å². The number of hydrogen-bond acceptors (Lipinski definition) is 4. The minimum atomic E-state index is -0.440. The number of benzene rings is 1. The monoisotopic (exact) mass is 318 g/mol. The average molecular weight is 318 g/mol. The van der Waals surface area contributed by atoms with Gasteiger partial charge in [0.2, 0.25) is 5.91 Å². The third kappa shape index (κ3) is 6.63. The number of hydrogen-bond donors (Lipinski definition) is 1. The lowest BCUT2D eigenvalue weighted by Gasteiger charge is -2.18. The SMILES string of the molecule is CCOC(=O)C(C(C)=NNC(=O)CCc1ccccc1)C(C)C. The zero-order chi connectivity index (χ0) is 17.2. The molecule has 0 aliphatic heterocycles. The number of rotatable bonds is 8. The lowest BCUT2D eigenvalue weighted by Crippen LogP contribution is -2.31. The van der Waals surface area contributed by atoms with Gasteiger partial charge in [0, 0.05) is 12.1 Å². The summed E-state index contributed by atoms with van der Waals surface area (Å²) in [6.45, 7) is 7.70. The molecule has 1 amide bonds. The van der Waals surface area contributed by atoms with Crippen LogP contribution in [0, 0.1) is 11.8 Å². The predicted octanol–water partition coefficient (Wildman–Crippen LogP) is 2.95. The summed E-state index contributed by atoms with van der Waals surface area (Å²) in [5, 5.41) is 4.08. The number of carbonyl (C=O) groups excluding carboxylic acids is 2. The van der Waals surface area contributed by atoms with Crippen molar-refractivity contribution in [3.8, 4) is 0 Å². The number of nitrogens with one attached hydrogen (secondary N) is 1. The van der Waals surface area contributed by atoms with Gasteiger partial charge in [-0.2, -0.15) is 5.10 Å². The smallest absolute Gasteiger partial charge is 0.314 e. The molecule has 0 spiro atoms. The third-order valence-electron chi connectivity index (χ3n) is 3.50. The molecule has 0 aliphatic carbocycles. The van der Waals surface area contributed by atoms with Crippen molar-refractivity contribution in [3.05, 3.63) is 35.9 Å². The molecule has 0 fully saturated rings. The van der Waals surface area contributed by atoms with E-state index in [2.05, 4.69) is 10.5 Å². The molecule has 0 saturated heterocycles. The minimum absolute atomic E-state index is 0.0546. The van der Waals surface area contributed by atoms with E-state index in [-0.39, 0.29) is 17.8 Å². The van der Waals surface area contributed by atoms with Gasteiger partial charge in [0.15, 0.2) is 0 Å². The Balaban J connectivity index is 2.55. The van der Waals surface area contributed by atoms with Gasteiger partial charge in [0.1, 0.15) is 0 Å². The van der Waals surface area contributed by atoms with Gasteiger partial charge < -0.3 is 4.74 Å². The first-order valence-corrected chi connectivity index (χ1v) is 7.99. The quantitative estimate of drug-likeness (QED) is 0.455. The molecule has 0 aliphatic rings. The molecule has 1 rings (SSSR count). The molecule has 0 heterocycles. The van der Waals surface area contributed by atoms with Crippen LogP contribution in [0.15, 0.2) is 35.4 Å². The molecule has 1 unspecified atom stereocenters.